The van der Waals surface area contributed by atoms with Crippen LogP contribution in [0.15, 0.2) is 40.1 Å². The molecule has 0 aliphatic rings. The van der Waals surface area contributed by atoms with E-state index in [9.17, 15) is 26.0 Å². The molecular weight excluding hydrogens is 286 g/mol. The van der Waals surface area contributed by atoms with Crippen molar-refractivity contribution in [3.05, 3.63) is 53.9 Å². The fourth-order valence-corrected chi connectivity index (χ4v) is 2.81. The van der Waals surface area contributed by atoms with E-state index < -0.39 is 43.2 Å². The third-order valence-corrected chi connectivity index (χ3v) is 4.07. The molecule has 0 spiro atoms. The van der Waals surface area contributed by atoms with Gasteiger partial charge in [-0.25, -0.2) is 17.2 Å². The van der Waals surface area contributed by atoms with Crippen LogP contribution in [0.1, 0.15) is 0 Å². The van der Waals surface area contributed by atoms with E-state index >= 15 is 0 Å². The summed E-state index contributed by atoms with van der Waals surface area (Å²) in [7, 11) is -4.72. The van der Waals surface area contributed by atoms with Crippen molar-refractivity contribution in [3.63, 3.8) is 0 Å². The van der Waals surface area contributed by atoms with Gasteiger partial charge in [0.05, 0.1) is 4.90 Å². The molecule has 0 amide bonds. The van der Waals surface area contributed by atoms with Crippen LogP contribution >= 0.6 is 0 Å². The van der Waals surface area contributed by atoms with E-state index in [0.29, 0.717) is 0 Å². The lowest BCUT2D eigenvalue weighted by atomic mass is 10.4. The topological polar surface area (TPSA) is 47.0 Å². The van der Waals surface area contributed by atoms with E-state index in [1.165, 1.54) is 18.2 Å². The minimum absolute atomic E-state index is 0.488. The van der Waals surface area contributed by atoms with Crippen LogP contribution in [0.25, 0.3) is 0 Å². The highest BCUT2D eigenvalue weighted by Crippen LogP contribution is 2.27. The van der Waals surface area contributed by atoms with Gasteiger partial charge in [-0.05, 0) is 12.1 Å². The van der Waals surface area contributed by atoms with E-state index in [1.54, 1.807) is 0 Å². The van der Waals surface area contributed by atoms with Crippen molar-refractivity contribution < 1.29 is 26.0 Å². The van der Waals surface area contributed by atoms with E-state index in [-0.39, 0.29) is 0 Å². The summed E-state index contributed by atoms with van der Waals surface area (Å²) in [6, 6.07) is 6.17. The van der Waals surface area contributed by atoms with Crippen molar-refractivity contribution in [2.45, 2.75) is 9.79 Å². The molecule has 1 aromatic carbocycles. The Morgan fingerprint density at radius 1 is 0.842 bits per heavy atom. The van der Waals surface area contributed by atoms with Crippen molar-refractivity contribution in [2.24, 2.45) is 0 Å². The Morgan fingerprint density at radius 3 is 1.79 bits per heavy atom. The van der Waals surface area contributed by atoms with Gasteiger partial charge >= 0.3 is 0 Å². The van der Waals surface area contributed by atoms with E-state index in [2.05, 4.69) is 4.98 Å². The monoisotopic (exact) mass is 291 g/mol. The number of aromatic nitrogens is 1. The Morgan fingerprint density at radius 2 is 1.32 bits per heavy atom. The van der Waals surface area contributed by atoms with E-state index in [1.807, 2.05) is 0 Å². The summed E-state index contributed by atoms with van der Waals surface area (Å²) in [5.74, 6) is -8.15. The van der Waals surface area contributed by atoms with Gasteiger partial charge in [-0.15, -0.1) is 0 Å². The highest BCUT2D eigenvalue weighted by atomic mass is 32.2. The molecule has 100 valence electrons. The Bertz CT molecular complexity index is 706. The fourth-order valence-electron chi connectivity index (χ4n) is 1.42. The van der Waals surface area contributed by atoms with Crippen molar-refractivity contribution in [1.82, 2.24) is 4.98 Å². The van der Waals surface area contributed by atoms with Crippen LogP contribution in [0.3, 0.4) is 0 Å². The standard InChI is InChI=1S/C11H5F4NO2S/c12-7-9(8(13)11(15)16-10(7)14)19(17,18)6-4-2-1-3-5-6/h1-5H. The number of hydrogen-bond acceptors (Lipinski definition) is 3. The van der Waals surface area contributed by atoms with Crippen molar-refractivity contribution >= 4 is 9.84 Å². The van der Waals surface area contributed by atoms with E-state index in [0.717, 1.165) is 12.1 Å². The summed E-state index contributed by atoms with van der Waals surface area (Å²) in [5, 5.41) is 0. The maximum atomic E-state index is 13.4. The lowest BCUT2D eigenvalue weighted by Gasteiger charge is -2.07. The molecule has 2 rings (SSSR count). The number of halogens is 4. The van der Waals surface area contributed by atoms with Gasteiger partial charge in [-0.1, -0.05) is 18.2 Å². The first-order valence-corrected chi connectivity index (χ1v) is 6.34. The Hall–Kier alpha value is -1.96. The van der Waals surface area contributed by atoms with Gasteiger partial charge in [-0.3, -0.25) is 0 Å². The zero-order chi connectivity index (χ0) is 14.2. The van der Waals surface area contributed by atoms with E-state index in [4.69, 9.17) is 0 Å². The predicted octanol–water partition coefficient (Wildman–Crippen LogP) is 2.47. The Balaban J connectivity index is 2.80. The number of rotatable bonds is 2. The highest BCUT2D eigenvalue weighted by Gasteiger charge is 2.31. The van der Waals surface area contributed by atoms with Crippen LogP contribution in [0.2, 0.25) is 0 Å². The molecule has 0 bridgehead atoms. The molecule has 0 atom stereocenters. The second kappa shape index (κ2) is 4.61. The van der Waals surface area contributed by atoms with Crippen LogP contribution in [0, 0.1) is 23.5 Å². The fraction of sp³-hybridized carbons (Fsp3) is 0. The van der Waals surface area contributed by atoms with Gasteiger partial charge in [0.1, 0.15) is 0 Å². The average molecular weight is 291 g/mol. The number of pyridine rings is 1. The SMILES string of the molecule is O=S(=O)(c1ccccc1)c1c(F)c(F)nc(F)c1F. The number of nitrogens with zero attached hydrogens (tertiary/aromatic N) is 1. The molecule has 0 saturated carbocycles. The van der Waals surface area contributed by atoms with Crippen LogP contribution in [-0.4, -0.2) is 13.4 Å². The molecular formula is C11H5F4NO2S. The summed E-state index contributed by atoms with van der Waals surface area (Å²) in [6.07, 6.45) is 0. The summed E-state index contributed by atoms with van der Waals surface area (Å²) in [6.45, 7) is 0. The van der Waals surface area contributed by atoms with Crippen LogP contribution in [0.5, 0.6) is 0 Å². The highest BCUT2D eigenvalue weighted by molar-refractivity contribution is 7.91. The summed E-state index contributed by atoms with van der Waals surface area (Å²) < 4.78 is 76.5. The third-order valence-electron chi connectivity index (χ3n) is 2.28. The molecule has 0 aliphatic carbocycles. The number of benzene rings is 1. The predicted molar refractivity (Wildman–Crippen MR) is 56.0 cm³/mol. The first-order chi connectivity index (χ1) is 8.85. The van der Waals surface area contributed by atoms with Crippen molar-refractivity contribution in [2.75, 3.05) is 0 Å². The quantitative estimate of drug-likeness (QED) is 0.631. The van der Waals surface area contributed by atoms with Gasteiger partial charge < -0.3 is 0 Å². The molecule has 0 unspecified atom stereocenters. The number of sulfone groups is 1. The zero-order valence-corrected chi connectivity index (χ0v) is 9.89. The van der Waals surface area contributed by atoms with Crippen molar-refractivity contribution in [3.8, 4) is 0 Å². The second-order valence-corrected chi connectivity index (χ2v) is 5.35. The number of hydrogen-bond donors (Lipinski definition) is 0. The molecule has 0 radical (unpaired) electrons. The molecule has 0 aliphatic heterocycles. The first kappa shape index (κ1) is 13.5. The smallest absolute Gasteiger partial charge is 0.218 e. The largest absolute Gasteiger partial charge is 0.253 e. The Labute approximate surface area is 105 Å². The second-order valence-electron chi connectivity index (χ2n) is 3.47. The maximum Gasteiger partial charge on any atom is 0.253 e. The van der Waals surface area contributed by atoms with Crippen LogP contribution < -0.4 is 0 Å². The molecule has 0 N–H and O–H groups in total. The normalized spacial score (nSPS) is 11.6. The molecule has 0 fully saturated rings. The van der Waals surface area contributed by atoms with Gasteiger partial charge in [0.2, 0.25) is 9.84 Å². The van der Waals surface area contributed by atoms with Gasteiger partial charge in [0, 0.05) is 0 Å². The average Bonchev–Trinajstić information content (AvgIpc) is 2.37. The molecule has 8 heteroatoms. The van der Waals surface area contributed by atoms with Gasteiger partial charge in [0.15, 0.2) is 16.5 Å². The maximum absolute atomic E-state index is 13.4. The molecule has 0 saturated heterocycles. The molecule has 1 aromatic heterocycles. The lowest BCUT2D eigenvalue weighted by Crippen LogP contribution is -2.12. The molecule has 2 aromatic rings. The van der Waals surface area contributed by atoms with Gasteiger partial charge in [0.25, 0.3) is 11.9 Å². The van der Waals surface area contributed by atoms with Crippen molar-refractivity contribution in [1.29, 1.82) is 0 Å². The lowest BCUT2D eigenvalue weighted by molar-refractivity contribution is 0.379. The summed E-state index contributed by atoms with van der Waals surface area (Å²) in [4.78, 5) is 0.114. The minimum atomic E-state index is -4.72. The minimum Gasteiger partial charge on any atom is -0.218 e. The zero-order valence-electron chi connectivity index (χ0n) is 9.07. The molecule has 1 heterocycles. The van der Waals surface area contributed by atoms with Crippen LogP contribution in [0.4, 0.5) is 17.6 Å². The summed E-state index contributed by atoms with van der Waals surface area (Å²) >= 11 is 0. The van der Waals surface area contributed by atoms with Crippen LogP contribution in [-0.2, 0) is 9.84 Å². The summed E-state index contributed by atoms with van der Waals surface area (Å²) in [5.41, 5.74) is 0. The Kier molecular flexibility index (Phi) is 3.27. The van der Waals surface area contributed by atoms with Gasteiger partial charge in [-0.2, -0.15) is 13.8 Å². The first-order valence-electron chi connectivity index (χ1n) is 4.86. The third kappa shape index (κ3) is 2.19. The molecule has 3 nitrogen and oxygen atoms in total. The molecule has 19 heavy (non-hydrogen) atoms.